The highest BCUT2D eigenvalue weighted by atomic mass is 35.5. The molecule has 0 aliphatic heterocycles. The second-order valence-electron chi connectivity index (χ2n) is 4.60. The lowest BCUT2D eigenvalue weighted by atomic mass is 10.0. The van der Waals surface area contributed by atoms with Gasteiger partial charge in [-0.3, -0.25) is 0 Å². The molecular formula is C16H20ClNO. The maximum Gasteiger partial charge on any atom is 0.125 e. The maximum absolute atomic E-state index is 6.08. The second kappa shape index (κ2) is 6.78. The van der Waals surface area contributed by atoms with Gasteiger partial charge in [0.15, 0.2) is 0 Å². The third kappa shape index (κ3) is 3.62. The highest BCUT2D eigenvalue weighted by Gasteiger charge is 2.17. The van der Waals surface area contributed by atoms with E-state index in [0.29, 0.717) is 0 Å². The third-order valence-electron chi connectivity index (χ3n) is 3.10. The molecule has 2 aromatic rings. The SMILES string of the molecule is CCCNC(c1cccc(Cl)c1)c1ccc(CC)o1. The van der Waals surface area contributed by atoms with E-state index in [-0.39, 0.29) is 6.04 Å². The van der Waals surface area contributed by atoms with E-state index >= 15 is 0 Å². The van der Waals surface area contributed by atoms with Gasteiger partial charge in [-0.05, 0) is 42.8 Å². The van der Waals surface area contributed by atoms with Crippen LogP contribution in [-0.4, -0.2) is 6.54 Å². The molecule has 0 amide bonds. The summed E-state index contributed by atoms with van der Waals surface area (Å²) in [6.07, 6.45) is 1.99. The number of benzene rings is 1. The average molecular weight is 278 g/mol. The first-order chi connectivity index (χ1) is 9.24. The molecule has 102 valence electrons. The summed E-state index contributed by atoms with van der Waals surface area (Å²) >= 11 is 6.08. The molecule has 1 atom stereocenters. The molecule has 0 saturated heterocycles. The van der Waals surface area contributed by atoms with E-state index in [4.69, 9.17) is 16.0 Å². The Labute approximate surface area is 119 Å². The number of rotatable bonds is 6. The Kier molecular flexibility index (Phi) is 5.06. The quantitative estimate of drug-likeness (QED) is 0.836. The molecule has 1 aromatic carbocycles. The fourth-order valence-electron chi connectivity index (χ4n) is 2.10. The molecule has 0 radical (unpaired) electrons. The average Bonchev–Trinajstić information content (AvgIpc) is 2.88. The summed E-state index contributed by atoms with van der Waals surface area (Å²) in [4.78, 5) is 0. The molecule has 2 nitrogen and oxygen atoms in total. The van der Waals surface area contributed by atoms with E-state index in [9.17, 15) is 0 Å². The molecule has 0 aliphatic carbocycles. The molecule has 0 bridgehead atoms. The summed E-state index contributed by atoms with van der Waals surface area (Å²) < 4.78 is 5.88. The molecule has 1 N–H and O–H groups in total. The Morgan fingerprint density at radius 1 is 1.21 bits per heavy atom. The summed E-state index contributed by atoms with van der Waals surface area (Å²) in [5, 5.41) is 4.27. The Balaban J connectivity index is 2.29. The molecule has 0 fully saturated rings. The van der Waals surface area contributed by atoms with Crippen molar-refractivity contribution in [3.63, 3.8) is 0 Å². The minimum atomic E-state index is 0.0685. The number of hydrogen-bond acceptors (Lipinski definition) is 2. The van der Waals surface area contributed by atoms with Crippen LogP contribution in [0.25, 0.3) is 0 Å². The molecule has 1 aromatic heterocycles. The van der Waals surface area contributed by atoms with Gasteiger partial charge in [0.1, 0.15) is 11.5 Å². The van der Waals surface area contributed by atoms with Crippen LogP contribution in [0.4, 0.5) is 0 Å². The highest BCUT2D eigenvalue weighted by molar-refractivity contribution is 6.30. The van der Waals surface area contributed by atoms with Crippen molar-refractivity contribution in [2.24, 2.45) is 0 Å². The predicted octanol–water partition coefficient (Wildman–Crippen LogP) is 4.58. The van der Waals surface area contributed by atoms with Crippen LogP contribution >= 0.6 is 11.6 Å². The Bertz CT molecular complexity index is 521. The zero-order valence-corrected chi connectivity index (χ0v) is 12.2. The van der Waals surface area contributed by atoms with Crippen LogP contribution in [0.2, 0.25) is 5.02 Å². The number of aryl methyl sites for hydroxylation is 1. The zero-order chi connectivity index (χ0) is 13.7. The molecule has 19 heavy (non-hydrogen) atoms. The Hall–Kier alpha value is -1.25. The van der Waals surface area contributed by atoms with E-state index in [1.54, 1.807) is 0 Å². The maximum atomic E-state index is 6.08. The summed E-state index contributed by atoms with van der Waals surface area (Å²) in [5.74, 6) is 1.97. The van der Waals surface area contributed by atoms with Crippen LogP contribution < -0.4 is 5.32 Å². The van der Waals surface area contributed by atoms with Crippen LogP contribution in [0.3, 0.4) is 0 Å². The first kappa shape index (κ1) is 14.2. The lowest BCUT2D eigenvalue weighted by molar-refractivity contribution is 0.422. The molecule has 1 heterocycles. The van der Waals surface area contributed by atoms with Gasteiger partial charge in [-0.15, -0.1) is 0 Å². The normalized spacial score (nSPS) is 12.6. The van der Waals surface area contributed by atoms with Crippen LogP contribution in [-0.2, 0) is 6.42 Å². The van der Waals surface area contributed by atoms with Gasteiger partial charge in [0, 0.05) is 11.4 Å². The summed E-state index contributed by atoms with van der Waals surface area (Å²) in [5.41, 5.74) is 1.14. The number of halogens is 1. The molecule has 3 heteroatoms. The fourth-order valence-corrected chi connectivity index (χ4v) is 2.30. The van der Waals surface area contributed by atoms with Crippen molar-refractivity contribution in [1.29, 1.82) is 0 Å². The standard InChI is InChI=1S/C16H20ClNO/c1-3-10-18-16(12-6-5-7-13(17)11-12)15-9-8-14(4-2)19-15/h5-9,11,16,18H,3-4,10H2,1-2H3. The van der Waals surface area contributed by atoms with E-state index in [1.165, 1.54) is 0 Å². The smallest absolute Gasteiger partial charge is 0.125 e. The Morgan fingerprint density at radius 3 is 2.68 bits per heavy atom. The summed E-state index contributed by atoms with van der Waals surface area (Å²) in [6, 6.07) is 12.1. The lowest BCUT2D eigenvalue weighted by Crippen LogP contribution is -2.22. The number of hydrogen-bond donors (Lipinski definition) is 1. The van der Waals surface area contributed by atoms with Gasteiger partial charge < -0.3 is 9.73 Å². The van der Waals surface area contributed by atoms with Crippen molar-refractivity contribution < 1.29 is 4.42 Å². The van der Waals surface area contributed by atoms with Crippen molar-refractivity contribution in [3.05, 3.63) is 58.5 Å². The first-order valence-corrected chi connectivity index (χ1v) is 7.19. The molecule has 0 spiro atoms. The summed E-state index contributed by atoms with van der Waals surface area (Å²) in [6.45, 7) is 5.19. The number of furan rings is 1. The van der Waals surface area contributed by atoms with E-state index < -0.39 is 0 Å². The van der Waals surface area contributed by atoms with Gasteiger partial charge in [-0.1, -0.05) is 37.6 Å². The second-order valence-corrected chi connectivity index (χ2v) is 5.04. The first-order valence-electron chi connectivity index (χ1n) is 6.82. The van der Waals surface area contributed by atoms with Crippen molar-refractivity contribution in [1.82, 2.24) is 5.32 Å². The Morgan fingerprint density at radius 2 is 2.05 bits per heavy atom. The largest absolute Gasteiger partial charge is 0.464 e. The van der Waals surface area contributed by atoms with E-state index in [2.05, 4.69) is 25.2 Å². The van der Waals surface area contributed by atoms with Crippen LogP contribution in [0.5, 0.6) is 0 Å². The van der Waals surface area contributed by atoms with Crippen molar-refractivity contribution in [2.45, 2.75) is 32.7 Å². The topological polar surface area (TPSA) is 25.2 Å². The van der Waals surface area contributed by atoms with Crippen molar-refractivity contribution in [2.75, 3.05) is 6.54 Å². The molecule has 2 rings (SSSR count). The zero-order valence-electron chi connectivity index (χ0n) is 11.4. The van der Waals surface area contributed by atoms with Gasteiger partial charge in [-0.25, -0.2) is 0 Å². The van der Waals surface area contributed by atoms with E-state index in [0.717, 1.165) is 41.5 Å². The minimum absolute atomic E-state index is 0.0685. The van der Waals surface area contributed by atoms with Crippen molar-refractivity contribution >= 4 is 11.6 Å². The summed E-state index contributed by atoms with van der Waals surface area (Å²) in [7, 11) is 0. The van der Waals surface area contributed by atoms with Gasteiger partial charge in [0.25, 0.3) is 0 Å². The van der Waals surface area contributed by atoms with Crippen LogP contribution in [0.15, 0.2) is 40.8 Å². The van der Waals surface area contributed by atoms with Crippen molar-refractivity contribution in [3.8, 4) is 0 Å². The van der Waals surface area contributed by atoms with Gasteiger partial charge in [-0.2, -0.15) is 0 Å². The van der Waals surface area contributed by atoms with E-state index in [1.807, 2.05) is 30.3 Å². The van der Waals surface area contributed by atoms with Gasteiger partial charge >= 0.3 is 0 Å². The van der Waals surface area contributed by atoms with Gasteiger partial charge in [0.2, 0.25) is 0 Å². The monoisotopic (exact) mass is 277 g/mol. The highest BCUT2D eigenvalue weighted by Crippen LogP contribution is 2.26. The molecule has 0 saturated carbocycles. The molecule has 0 aliphatic rings. The fraction of sp³-hybridized carbons (Fsp3) is 0.375. The lowest BCUT2D eigenvalue weighted by Gasteiger charge is -2.17. The number of nitrogens with one attached hydrogen (secondary N) is 1. The molecule has 1 unspecified atom stereocenters. The van der Waals surface area contributed by atoms with Gasteiger partial charge in [0.05, 0.1) is 6.04 Å². The predicted molar refractivity (Wildman–Crippen MR) is 79.7 cm³/mol. The third-order valence-corrected chi connectivity index (χ3v) is 3.33. The minimum Gasteiger partial charge on any atom is -0.464 e. The molecular weight excluding hydrogens is 258 g/mol. The van der Waals surface area contributed by atoms with Crippen LogP contribution in [0.1, 0.15) is 43.4 Å². The van der Waals surface area contributed by atoms with Crippen LogP contribution in [0, 0.1) is 0 Å².